The van der Waals surface area contributed by atoms with Crippen LogP contribution in [0.25, 0.3) is 0 Å². The van der Waals surface area contributed by atoms with Crippen LogP contribution in [-0.2, 0) is 16.0 Å². The topological polar surface area (TPSA) is 62.6 Å². The molecule has 2 heterocycles. The third kappa shape index (κ3) is 2.96. The van der Waals surface area contributed by atoms with Crippen LogP contribution < -0.4 is 5.32 Å². The highest BCUT2D eigenvalue weighted by molar-refractivity contribution is 5.99. The van der Waals surface area contributed by atoms with Gasteiger partial charge in [0.2, 0.25) is 11.8 Å². The predicted molar refractivity (Wildman–Crippen MR) is 79.6 cm³/mol. The van der Waals surface area contributed by atoms with E-state index in [4.69, 9.17) is 4.42 Å². The van der Waals surface area contributed by atoms with E-state index in [-0.39, 0.29) is 17.7 Å². The van der Waals surface area contributed by atoms with E-state index in [2.05, 4.69) is 5.32 Å². The molecular formula is C16H24N2O3. The van der Waals surface area contributed by atoms with Crippen LogP contribution in [-0.4, -0.2) is 34.8 Å². The van der Waals surface area contributed by atoms with Gasteiger partial charge < -0.3 is 14.6 Å². The molecule has 2 amide bonds. The molecule has 1 aromatic rings. The van der Waals surface area contributed by atoms with Crippen LogP contribution in [0.5, 0.6) is 0 Å². The molecule has 1 aliphatic rings. The number of carbonyl (C=O) groups excluding carboxylic acids is 2. The van der Waals surface area contributed by atoms with Crippen LogP contribution in [0, 0.1) is 5.92 Å². The largest absolute Gasteiger partial charge is 0.469 e. The molecule has 0 saturated carbocycles. The molecule has 21 heavy (non-hydrogen) atoms. The van der Waals surface area contributed by atoms with Gasteiger partial charge in [0.1, 0.15) is 17.3 Å². The van der Waals surface area contributed by atoms with Gasteiger partial charge >= 0.3 is 0 Å². The third-order valence-corrected chi connectivity index (χ3v) is 4.25. The van der Waals surface area contributed by atoms with Crippen LogP contribution in [0.2, 0.25) is 0 Å². The van der Waals surface area contributed by atoms with E-state index in [9.17, 15) is 9.59 Å². The van der Waals surface area contributed by atoms with Gasteiger partial charge in [0.15, 0.2) is 0 Å². The molecule has 5 nitrogen and oxygen atoms in total. The first-order valence-corrected chi connectivity index (χ1v) is 7.54. The number of piperazine rings is 1. The van der Waals surface area contributed by atoms with Gasteiger partial charge in [-0.25, -0.2) is 0 Å². The summed E-state index contributed by atoms with van der Waals surface area (Å²) < 4.78 is 5.32. The Balaban J connectivity index is 2.21. The Labute approximate surface area is 125 Å². The molecule has 0 bridgehead atoms. The fraction of sp³-hybridized carbons (Fsp3) is 0.625. The molecule has 2 unspecified atom stereocenters. The van der Waals surface area contributed by atoms with Gasteiger partial charge in [0.05, 0.1) is 6.26 Å². The number of nitrogens with zero attached hydrogens (tertiary/aromatic N) is 1. The number of amides is 2. The fourth-order valence-corrected chi connectivity index (χ4v) is 2.81. The van der Waals surface area contributed by atoms with Crippen LogP contribution >= 0.6 is 0 Å². The summed E-state index contributed by atoms with van der Waals surface area (Å²) in [4.78, 5) is 26.9. The Morgan fingerprint density at radius 1 is 1.43 bits per heavy atom. The fourth-order valence-electron chi connectivity index (χ4n) is 2.81. The summed E-state index contributed by atoms with van der Waals surface area (Å²) in [6, 6.07) is 3.31. The van der Waals surface area contributed by atoms with Gasteiger partial charge in [-0.2, -0.15) is 0 Å². The third-order valence-electron chi connectivity index (χ3n) is 4.25. The van der Waals surface area contributed by atoms with Crippen molar-refractivity contribution in [3.05, 3.63) is 24.2 Å². The summed E-state index contributed by atoms with van der Waals surface area (Å²) in [6.45, 7) is 8.14. The second-order valence-electron chi connectivity index (χ2n) is 6.19. The lowest BCUT2D eigenvalue weighted by Crippen LogP contribution is -2.70. The quantitative estimate of drug-likeness (QED) is 0.902. The van der Waals surface area contributed by atoms with E-state index in [1.54, 1.807) is 18.1 Å². The van der Waals surface area contributed by atoms with Gasteiger partial charge in [0, 0.05) is 13.0 Å². The van der Waals surface area contributed by atoms with E-state index < -0.39 is 11.6 Å². The number of furan rings is 1. The zero-order valence-corrected chi connectivity index (χ0v) is 13.2. The molecule has 2 atom stereocenters. The molecule has 0 spiro atoms. The minimum absolute atomic E-state index is 0.00476. The van der Waals surface area contributed by atoms with Crippen molar-refractivity contribution >= 4 is 11.8 Å². The minimum Gasteiger partial charge on any atom is -0.469 e. The van der Waals surface area contributed by atoms with Gasteiger partial charge in [-0.15, -0.1) is 0 Å². The summed E-state index contributed by atoms with van der Waals surface area (Å²) in [5.41, 5.74) is -0.800. The average Bonchev–Trinajstić information content (AvgIpc) is 2.93. The zero-order valence-electron chi connectivity index (χ0n) is 13.2. The van der Waals surface area contributed by atoms with Crippen LogP contribution in [0.3, 0.4) is 0 Å². The first-order chi connectivity index (χ1) is 9.89. The minimum atomic E-state index is -0.800. The molecule has 1 saturated heterocycles. The first kappa shape index (κ1) is 15.6. The Kier molecular flexibility index (Phi) is 4.40. The number of hydrogen-bond acceptors (Lipinski definition) is 3. The molecule has 2 rings (SSSR count). The molecule has 0 radical (unpaired) electrons. The number of nitrogens with one attached hydrogen (secondary N) is 1. The van der Waals surface area contributed by atoms with Crippen molar-refractivity contribution in [1.29, 1.82) is 0 Å². The van der Waals surface area contributed by atoms with E-state index >= 15 is 0 Å². The van der Waals surface area contributed by atoms with E-state index in [0.717, 1.165) is 5.76 Å². The molecule has 1 aromatic heterocycles. The lowest BCUT2D eigenvalue weighted by Gasteiger charge is -2.45. The molecular weight excluding hydrogens is 268 g/mol. The summed E-state index contributed by atoms with van der Waals surface area (Å²) >= 11 is 0. The molecule has 5 heteroatoms. The van der Waals surface area contributed by atoms with Crippen molar-refractivity contribution < 1.29 is 14.0 Å². The molecule has 1 N–H and O–H groups in total. The predicted octanol–water partition coefficient (Wildman–Crippen LogP) is 1.97. The summed E-state index contributed by atoms with van der Waals surface area (Å²) in [6.07, 6.45) is 2.82. The highest BCUT2D eigenvalue weighted by Crippen LogP contribution is 2.25. The maximum absolute atomic E-state index is 12.8. The number of rotatable bonds is 5. The van der Waals surface area contributed by atoms with Crippen molar-refractivity contribution in [3.63, 3.8) is 0 Å². The SMILES string of the molecule is CCC1(C)NC(=O)C(C(C)C)N(CCc2ccco2)C1=O. The molecule has 116 valence electrons. The molecule has 0 aliphatic carbocycles. The normalized spacial score (nSPS) is 26.3. The summed E-state index contributed by atoms with van der Waals surface area (Å²) in [5.74, 6) is 0.838. The molecule has 1 aliphatic heterocycles. The zero-order chi connectivity index (χ0) is 15.6. The monoisotopic (exact) mass is 292 g/mol. The van der Waals surface area contributed by atoms with Crippen molar-refractivity contribution in [2.75, 3.05) is 6.54 Å². The van der Waals surface area contributed by atoms with Gasteiger partial charge in [0.25, 0.3) is 0 Å². The Hall–Kier alpha value is -1.78. The lowest BCUT2D eigenvalue weighted by atomic mass is 9.88. The average molecular weight is 292 g/mol. The second-order valence-corrected chi connectivity index (χ2v) is 6.19. The smallest absolute Gasteiger partial charge is 0.248 e. The Morgan fingerprint density at radius 3 is 2.67 bits per heavy atom. The summed E-state index contributed by atoms with van der Waals surface area (Å²) in [5, 5.41) is 2.89. The maximum Gasteiger partial charge on any atom is 0.248 e. The number of carbonyl (C=O) groups is 2. The van der Waals surface area contributed by atoms with Crippen LogP contribution in [0.1, 0.15) is 39.9 Å². The van der Waals surface area contributed by atoms with E-state index in [1.807, 2.05) is 32.9 Å². The van der Waals surface area contributed by atoms with Crippen molar-refractivity contribution in [3.8, 4) is 0 Å². The van der Waals surface area contributed by atoms with Gasteiger partial charge in [-0.05, 0) is 31.4 Å². The highest BCUT2D eigenvalue weighted by Gasteiger charge is 2.47. The second kappa shape index (κ2) is 5.92. The van der Waals surface area contributed by atoms with Crippen LogP contribution in [0.15, 0.2) is 22.8 Å². The van der Waals surface area contributed by atoms with Crippen molar-refractivity contribution in [2.24, 2.45) is 5.92 Å². The summed E-state index contributed by atoms with van der Waals surface area (Å²) in [7, 11) is 0. The van der Waals surface area contributed by atoms with Crippen molar-refractivity contribution in [1.82, 2.24) is 10.2 Å². The van der Waals surface area contributed by atoms with Crippen molar-refractivity contribution in [2.45, 2.75) is 52.1 Å². The van der Waals surface area contributed by atoms with Crippen LogP contribution in [0.4, 0.5) is 0 Å². The molecule has 0 aromatic carbocycles. The van der Waals surface area contributed by atoms with Gasteiger partial charge in [-0.1, -0.05) is 20.8 Å². The first-order valence-electron chi connectivity index (χ1n) is 7.54. The molecule has 1 fully saturated rings. The highest BCUT2D eigenvalue weighted by atomic mass is 16.3. The Bertz CT molecular complexity index is 510. The van der Waals surface area contributed by atoms with E-state index in [1.165, 1.54) is 0 Å². The number of hydrogen-bond donors (Lipinski definition) is 1. The maximum atomic E-state index is 12.8. The standard InChI is InChI=1S/C16H24N2O3/c1-5-16(4)15(20)18(9-8-12-7-6-10-21-12)13(11(2)3)14(19)17-16/h6-7,10-11,13H,5,8-9H2,1-4H3,(H,17,19). The Morgan fingerprint density at radius 2 is 2.14 bits per heavy atom. The lowest BCUT2D eigenvalue weighted by molar-refractivity contribution is -0.156. The van der Waals surface area contributed by atoms with Gasteiger partial charge in [-0.3, -0.25) is 9.59 Å². The van der Waals surface area contributed by atoms with E-state index in [0.29, 0.717) is 19.4 Å².